The molecule has 1 unspecified atom stereocenters. The molecule has 0 bridgehead atoms. The van der Waals surface area contributed by atoms with Gasteiger partial charge in [-0.05, 0) is 25.5 Å². The number of carbonyl (C=O) groups is 1. The Morgan fingerprint density at radius 2 is 2.40 bits per heavy atom. The molecule has 1 amide bonds. The van der Waals surface area contributed by atoms with Gasteiger partial charge in [-0.25, -0.2) is 4.98 Å². The molecule has 2 rings (SSSR count). The normalized spacial score (nSPS) is 20.6. The van der Waals surface area contributed by atoms with Gasteiger partial charge in [0.15, 0.2) is 0 Å². The van der Waals surface area contributed by atoms with Crippen LogP contribution in [0.2, 0.25) is 0 Å². The van der Waals surface area contributed by atoms with E-state index < -0.39 is 0 Å². The fourth-order valence-electron chi connectivity index (χ4n) is 1.91. The predicted octanol–water partition coefficient (Wildman–Crippen LogP) is 0.702. The zero-order valence-electron chi connectivity index (χ0n) is 8.81. The molecule has 1 atom stereocenters. The van der Waals surface area contributed by atoms with Crippen LogP contribution in [0.4, 0.5) is 5.82 Å². The Bertz CT molecular complexity index is 378. The second-order valence-corrected chi connectivity index (χ2v) is 3.97. The number of nitrogens with two attached hydrogens (primary N) is 1. The van der Waals surface area contributed by atoms with E-state index in [0.717, 1.165) is 24.5 Å². The van der Waals surface area contributed by atoms with Crippen LogP contribution in [-0.2, 0) is 4.79 Å². The summed E-state index contributed by atoms with van der Waals surface area (Å²) in [6, 6.07) is 5.91. The van der Waals surface area contributed by atoms with Crippen LogP contribution in [0.1, 0.15) is 12.1 Å². The highest BCUT2D eigenvalue weighted by atomic mass is 16.1. The van der Waals surface area contributed by atoms with Gasteiger partial charge >= 0.3 is 0 Å². The first-order chi connectivity index (χ1) is 7.16. The van der Waals surface area contributed by atoms with Gasteiger partial charge in [-0.3, -0.25) is 4.79 Å². The zero-order valence-corrected chi connectivity index (χ0v) is 8.81. The van der Waals surface area contributed by atoms with Crippen molar-refractivity contribution in [1.82, 2.24) is 4.98 Å². The predicted molar refractivity (Wildman–Crippen MR) is 58.5 cm³/mol. The number of carbonyl (C=O) groups excluding carboxylic acids is 1. The lowest BCUT2D eigenvalue weighted by Gasteiger charge is -2.16. The Morgan fingerprint density at radius 3 is 3.00 bits per heavy atom. The van der Waals surface area contributed by atoms with Gasteiger partial charge in [0.2, 0.25) is 5.91 Å². The van der Waals surface area contributed by atoms with Crippen molar-refractivity contribution in [2.45, 2.75) is 13.3 Å². The van der Waals surface area contributed by atoms with E-state index in [0.29, 0.717) is 6.54 Å². The topological polar surface area (TPSA) is 59.2 Å². The molecule has 1 fully saturated rings. The van der Waals surface area contributed by atoms with E-state index in [1.807, 2.05) is 25.1 Å². The SMILES string of the molecule is Cc1cccc(N2CCC(C(N)=O)C2)n1. The number of aryl methyl sites for hydroxylation is 1. The Morgan fingerprint density at radius 1 is 1.60 bits per heavy atom. The number of hydrogen-bond acceptors (Lipinski definition) is 3. The lowest BCUT2D eigenvalue weighted by Crippen LogP contribution is -2.27. The van der Waals surface area contributed by atoms with E-state index in [-0.39, 0.29) is 11.8 Å². The summed E-state index contributed by atoms with van der Waals surface area (Å²) in [4.78, 5) is 17.6. The highest BCUT2D eigenvalue weighted by Crippen LogP contribution is 2.21. The van der Waals surface area contributed by atoms with Crippen molar-refractivity contribution >= 4 is 11.7 Å². The lowest BCUT2D eigenvalue weighted by atomic mass is 10.1. The van der Waals surface area contributed by atoms with Crippen LogP contribution in [0.3, 0.4) is 0 Å². The van der Waals surface area contributed by atoms with Crippen LogP contribution in [0.5, 0.6) is 0 Å². The first-order valence-electron chi connectivity index (χ1n) is 5.15. The molecular weight excluding hydrogens is 190 g/mol. The number of amides is 1. The third-order valence-corrected chi connectivity index (χ3v) is 2.79. The molecule has 80 valence electrons. The van der Waals surface area contributed by atoms with Crippen LogP contribution in [-0.4, -0.2) is 24.0 Å². The second kappa shape index (κ2) is 3.88. The van der Waals surface area contributed by atoms with E-state index in [4.69, 9.17) is 5.73 Å². The third-order valence-electron chi connectivity index (χ3n) is 2.79. The number of pyridine rings is 1. The molecule has 1 aliphatic rings. The molecule has 4 nitrogen and oxygen atoms in total. The standard InChI is InChI=1S/C11H15N3O/c1-8-3-2-4-10(13-8)14-6-5-9(7-14)11(12)15/h2-4,9H,5-7H2,1H3,(H2,12,15). The van der Waals surface area contributed by atoms with Crippen molar-refractivity contribution in [3.8, 4) is 0 Å². The Labute approximate surface area is 89.1 Å². The Hall–Kier alpha value is -1.58. The van der Waals surface area contributed by atoms with E-state index in [1.54, 1.807) is 0 Å². The molecule has 1 aromatic rings. The van der Waals surface area contributed by atoms with Crippen LogP contribution in [0, 0.1) is 12.8 Å². The molecular formula is C11H15N3O. The Balaban J connectivity index is 2.11. The maximum absolute atomic E-state index is 11.0. The number of primary amides is 1. The van der Waals surface area contributed by atoms with Gasteiger partial charge < -0.3 is 10.6 Å². The summed E-state index contributed by atoms with van der Waals surface area (Å²) in [5, 5.41) is 0. The summed E-state index contributed by atoms with van der Waals surface area (Å²) in [5.41, 5.74) is 6.28. The first kappa shape index (κ1) is 9.96. The minimum absolute atomic E-state index is 0.0210. The smallest absolute Gasteiger partial charge is 0.222 e. The van der Waals surface area contributed by atoms with Crippen LogP contribution in [0.15, 0.2) is 18.2 Å². The van der Waals surface area contributed by atoms with Gasteiger partial charge in [-0.15, -0.1) is 0 Å². The van der Waals surface area contributed by atoms with Gasteiger partial charge in [0.1, 0.15) is 5.82 Å². The largest absolute Gasteiger partial charge is 0.369 e. The summed E-state index contributed by atoms with van der Waals surface area (Å²) in [6.45, 7) is 3.53. The van der Waals surface area contributed by atoms with Crippen molar-refractivity contribution in [2.75, 3.05) is 18.0 Å². The van der Waals surface area contributed by atoms with Gasteiger partial charge in [0.25, 0.3) is 0 Å². The van der Waals surface area contributed by atoms with Gasteiger partial charge in [-0.1, -0.05) is 6.07 Å². The highest BCUT2D eigenvalue weighted by molar-refractivity contribution is 5.78. The molecule has 1 saturated heterocycles. The molecule has 0 saturated carbocycles. The summed E-state index contributed by atoms with van der Waals surface area (Å²) in [5.74, 6) is 0.719. The monoisotopic (exact) mass is 205 g/mol. The van der Waals surface area contributed by atoms with Crippen molar-refractivity contribution < 1.29 is 4.79 Å². The summed E-state index contributed by atoms with van der Waals surface area (Å²) in [6.07, 6.45) is 0.838. The maximum Gasteiger partial charge on any atom is 0.222 e. The summed E-state index contributed by atoms with van der Waals surface area (Å²) < 4.78 is 0. The summed E-state index contributed by atoms with van der Waals surface area (Å²) in [7, 11) is 0. The molecule has 0 spiro atoms. The molecule has 0 radical (unpaired) electrons. The first-order valence-corrected chi connectivity index (χ1v) is 5.15. The van der Waals surface area contributed by atoms with Crippen molar-refractivity contribution in [3.63, 3.8) is 0 Å². The molecule has 0 aromatic carbocycles. The maximum atomic E-state index is 11.0. The third kappa shape index (κ3) is 2.09. The highest BCUT2D eigenvalue weighted by Gasteiger charge is 2.27. The van der Waals surface area contributed by atoms with Gasteiger partial charge in [0.05, 0.1) is 5.92 Å². The van der Waals surface area contributed by atoms with Crippen LogP contribution in [0.25, 0.3) is 0 Å². The Kier molecular flexibility index (Phi) is 2.58. The molecule has 2 heterocycles. The van der Waals surface area contributed by atoms with Gasteiger partial charge in [-0.2, -0.15) is 0 Å². The van der Waals surface area contributed by atoms with Crippen molar-refractivity contribution in [2.24, 2.45) is 11.7 Å². The second-order valence-electron chi connectivity index (χ2n) is 3.97. The van der Waals surface area contributed by atoms with E-state index in [1.165, 1.54) is 0 Å². The average Bonchev–Trinajstić information content (AvgIpc) is 2.66. The number of hydrogen-bond donors (Lipinski definition) is 1. The minimum Gasteiger partial charge on any atom is -0.369 e. The quantitative estimate of drug-likeness (QED) is 0.773. The molecule has 15 heavy (non-hydrogen) atoms. The molecule has 2 N–H and O–H groups in total. The minimum atomic E-state index is -0.204. The van der Waals surface area contributed by atoms with Crippen LogP contribution >= 0.6 is 0 Å². The molecule has 4 heteroatoms. The van der Waals surface area contributed by atoms with E-state index >= 15 is 0 Å². The molecule has 0 aliphatic carbocycles. The molecule has 1 aromatic heterocycles. The number of anilines is 1. The summed E-state index contributed by atoms with van der Waals surface area (Å²) >= 11 is 0. The fourth-order valence-corrected chi connectivity index (χ4v) is 1.91. The average molecular weight is 205 g/mol. The number of rotatable bonds is 2. The van der Waals surface area contributed by atoms with Crippen LogP contribution < -0.4 is 10.6 Å². The van der Waals surface area contributed by atoms with Crippen molar-refractivity contribution in [3.05, 3.63) is 23.9 Å². The number of nitrogens with zero attached hydrogens (tertiary/aromatic N) is 2. The van der Waals surface area contributed by atoms with E-state index in [9.17, 15) is 4.79 Å². The van der Waals surface area contributed by atoms with Gasteiger partial charge in [0, 0.05) is 18.8 Å². The lowest BCUT2D eigenvalue weighted by molar-refractivity contribution is -0.121. The van der Waals surface area contributed by atoms with E-state index in [2.05, 4.69) is 9.88 Å². The van der Waals surface area contributed by atoms with Crippen molar-refractivity contribution in [1.29, 1.82) is 0 Å². The zero-order chi connectivity index (χ0) is 10.8. The fraction of sp³-hybridized carbons (Fsp3) is 0.455. The molecule has 1 aliphatic heterocycles. The number of aromatic nitrogens is 1.